The minimum atomic E-state index is 0.924. The molecule has 0 saturated carbocycles. The molecule has 164 valence electrons. The van der Waals surface area contributed by atoms with Gasteiger partial charge in [-0.2, -0.15) is 0 Å². The van der Waals surface area contributed by atoms with Gasteiger partial charge in [-0.15, -0.1) is 45.3 Å². The van der Waals surface area contributed by atoms with Gasteiger partial charge >= 0.3 is 0 Å². The van der Waals surface area contributed by atoms with E-state index in [-0.39, 0.29) is 0 Å². The van der Waals surface area contributed by atoms with Gasteiger partial charge in [-0.1, -0.05) is 24.3 Å². The van der Waals surface area contributed by atoms with Gasteiger partial charge in [-0.05, 0) is 71.4 Å². The quantitative estimate of drug-likeness (QED) is 0.223. The van der Waals surface area contributed by atoms with E-state index in [0.717, 1.165) is 17.0 Å². The predicted octanol–water partition coefficient (Wildman–Crippen LogP) is 9.06. The number of thiophene rings is 4. The zero-order valence-corrected chi connectivity index (χ0v) is 21.2. The maximum atomic E-state index is 4.76. The van der Waals surface area contributed by atoms with Crippen LogP contribution in [0, 0.1) is 0 Å². The molecule has 0 N–H and O–H groups in total. The topological polar surface area (TPSA) is 25.8 Å². The molecule has 0 atom stereocenters. The molecule has 6 aromatic rings. The molecule has 0 aliphatic heterocycles. The molecule has 0 aliphatic rings. The normalized spacial score (nSPS) is 10.9. The van der Waals surface area contributed by atoms with Crippen molar-refractivity contribution in [1.29, 1.82) is 0 Å². The average Bonchev–Trinajstić information content (AvgIpc) is 3.71. The molecule has 0 saturated heterocycles. The largest absolute Gasteiger partial charge is 0.256 e. The van der Waals surface area contributed by atoms with Gasteiger partial charge in [0.05, 0.1) is 11.4 Å². The van der Waals surface area contributed by atoms with Crippen molar-refractivity contribution >= 4 is 56.5 Å². The maximum Gasteiger partial charge on any atom is 0.0730 e. The first-order valence-corrected chi connectivity index (χ1v) is 14.1. The van der Waals surface area contributed by atoms with Crippen LogP contribution in [0.5, 0.6) is 0 Å². The van der Waals surface area contributed by atoms with Crippen LogP contribution < -0.4 is 0 Å². The number of pyridine rings is 2. The monoisotopic (exact) mass is 510 g/mol. The van der Waals surface area contributed by atoms with E-state index in [1.165, 1.54) is 34.8 Å². The van der Waals surface area contributed by atoms with E-state index < -0.39 is 0 Å². The summed E-state index contributed by atoms with van der Waals surface area (Å²) >= 11 is 7.20. The fourth-order valence-electron chi connectivity index (χ4n) is 3.82. The Bertz CT molecular complexity index is 1410. The average molecular weight is 511 g/mol. The van der Waals surface area contributed by atoms with Crippen LogP contribution in [0.25, 0.3) is 30.7 Å². The smallest absolute Gasteiger partial charge is 0.0730 e. The Hall–Kier alpha value is -3.16. The van der Waals surface area contributed by atoms with Crippen molar-refractivity contribution in [3.05, 3.63) is 129 Å². The highest BCUT2D eigenvalue weighted by Crippen LogP contribution is 2.45. The van der Waals surface area contributed by atoms with Crippen LogP contribution >= 0.6 is 45.3 Å². The highest BCUT2D eigenvalue weighted by atomic mass is 32.1. The first-order valence-electron chi connectivity index (χ1n) is 10.7. The van der Waals surface area contributed by atoms with E-state index >= 15 is 0 Å². The highest BCUT2D eigenvalue weighted by Gasteiger charge is 2.21. The number of nitrogens with zero attached hydrogens (tertiary/aromatic N) is 2. The number of rotatable bonds is 6. The summed E-state index contributed by atoms with van der Waals surface area (Å²) in [4.78, 5) is 17.1. The van der Waals surface area contributed by atoms with Crippen LogP contribution in [0.15, 0.2) is 108 Å². The van der Waals surface area contributed by atoms with Crippen molar-refractivity contribution in [2.75, 3.05) is 0 Å². The summed E-state index contributed by atoms with van der Waals surface area (Å²) in [6.45, 7) is 0. The Morgan fingerprint density at radius 3 is 1.41 bits per heavy atom. The second kappa shape index (κ2) is 9.60. The molecular weight excluding hydrogens is 493 g/mol. The van der Waals surface area contributed by atoms with Crippen LogP contribution in [0.3, 0.4) is 0 Å². The summed E-state index contributed by atoms with van der Waals surface area (Å²) in [7, 11) is 0. The van der Waals surface area contributed by atoms with Crippen LogP contribution in [0.1, 0.15) is 21.1 Å². The van der Waals surface area contributed by atoms with E-state index in [1.54, 1.807) is 22.7 Å². The van der Waals surface area contributed by atoms with Gasteiger partial charge in [-0.3, -0.25) is 9.97 Å². The molecule has 0 radical (unpaired) electrons. The lowest BCUT2D eigenvalue weighted by molar-refractivity contribution is 1.22. The third kappa shape index (κ3) is 4.21. The molecule has 6 heteroatoms. The second-order valence-corrected chi connectivity index (χ2v) is 11.5. The summed E-state index contributed by atoms with van der Waals surface area (Å²) in [6.07, 6.45) is 3.71. The van der Waals surface area contributed by atoms with Crippen molar-refractivity contribution < 1.29 is 0 Å². The number of aromatic nitrogens is 2. The summed E-state index contributed by atoms with van der Waals surface area (Å²) < 4.78 is 0. The van der Waals surface area contributed by atoms with Crippen LogP contribution in [0.4, 0.5) is 0 Å². The Kier molecular flexibility index (Phi) is 6.04. The van der Waals surface area contributed by atoms with E-state index in [4.69, 9.17) is 9.97 Å². The number of hydrogen-bond donors (Lipinski definition) is 0. The third-order valence-corrected chi connectivity index (χ3v) is 9.66. The van der Waals surface area contributed by atoms with Gasteiger partial charge in [0.25, 0.3) is 0 Å². The van der Waals surface area contributed by atoms with Crippen LogP contribution in [-0.4, -0.2) is 9.97 Å². The van der Waals surface area contributed by atoms with E-state index in [0.29, 0.717) is 0 Å². The summed E-state index contributed by atoms with van der Waals surface area (Å²) in [6, 6.07) is 29.7. The molecule has 0 amide bonds. The lowest BCUT2D eigenvalue weighted by Gasteiger charge is -2.13. The molecule has 2 nitrogen and oxygen atoms in total. The zero-order valence-electron chi connectivity index (χ0n) is 17.9. The first kappa shape index (κ1) is 21.4. The Balaban J connectivity index is 1.62. The predicted molar refractivity (Wildman–Crippen MR) is 149 cm³/mol. The molecule has 6 heterocycles. The van der Waals surface area contributed by atoms with Crippen molar-refractivity contribution in [3.8, 4) is 19.5 Å². The second-order valence-electron chi connectivity index (χ2n) is 7.46. The molecule has 0 bridgehead atoms. The number of hydrogen-bond acceptors (Lipinski definition) is 6. The van der Waals surface area contributed by atoms with Gasteiger partial charge in [-0.25, -0.2) is 0 Å². The van der Waals surface area contributed by atoms with Crippen molar-refractivity contribution in [2.45, 2.75) is 0 Å². The van der Waals surface area contributed by atoms with E-state index in [1.807, 2.05) is 59.3 Å². The third-order valence-electron chi connectivity index (χ3n) is 5.32. The summed E-state index contributed by atoms with van der Waals surface area (Å²) in [5, 5.41) is 4.26. The maximum absolute atomic E-state index is 4.76. The van der Waals surface area contributed by atoms with Gasteiger partial charge in [0.2, 0.25) is 0 Å². The molecule has 0 aromatic carbocycles. The van der Waals surface area contributed by atoms with Gasteiger partial charge in [0.15, 0.2) is 0 Å². The minimum absolute atomic E-state index is 0.924. The molecule has 6 aromatic heterocycles. The van der Waals surface area contributed by atoms with Gasteiger partial charge in [0, 0.05) is 52.8 Å². The SMILES string of the molecule is c1ccc(C(=C(c2ccc(-c3cccs3)s2)c2ccc(-c3cccs3)s2)c2ccccn2)nc1. The minimum Gasteiger partial charge on any atom is -0.256 e. The zero-order chi connectivity index (χ0) is 22.7. The Labute approximate surface area is 214 Å². The van der Waals surface area contributed by atoms with E-state index in [2.05, 4.69) is 71.4 Å². The van der Waals surface area contributed by atoms with Gasteiger partial charge < -0.3 is 0 Å². The lowest BCUT2D eigenvalue weighted by atomic mass is 9.98. The summed E-state index contributed by atoms with van der Waals surface area (Å²) in [5.41, 5.74) is 4.08. The van der Waals surface area contributed by atoms with Crippen LogP contribution in [0.2, 0.25) is 0 Å². The van der Waals surface area contributed by atoms with E-state index in [9.17, 15) is 0 Å². The molecule has 34 heavy (non-hydrogen) atoms. The first-order chi connectivity index (χ1) is 16.9. The molecular formula is C28H18N2S4. The van der Waals surface area contributed by atoms with Crippen molar-refractivity contribution in [2.24, 2.45) is 0 Å². The molecule has 0 spiro atoms. The molecule has 0 aliphatic carbocycles. The van der Waals surface area contributed by atoms with Crippen molar-refractivity contribution in [3.63, 3.8) is 0 Å². The Morgan fingerprint density at radius 1 is 0.471 bits per heavy atom. The fourth-order valence-corrected chi connectivity index (χ4v) is 7.70. The summed E-state index contributed by atoms with van der Waals surface area (Å²) in [5.74, 6) is 0. The standard InChI is InChI=1S/C28H18N2S4/c1-3-15-29-19(7-1)27(20-8-2-4-16-30-20)28(25-13-11-23(33-25)21-9-5-17-31-21)26-14-12-24(34-26)22-10-6-18-32-22/h1-18H. The molecule has 6 rings (SSSR count). The molecule has 0 unspecified atom stereocenters. The lowest BCUT2D eigenvalue weighted by Crippen LogP contribution is -1.98. The van der Waals surface area contributed by atoms with Gasteiger partial charge in [0.1, 0.15) is 0 Å². The highest BCUT2D eigenvalue weighted by molar-refractivity contribution is 7.23. The fraction of sp³-hybridized carbons (Fsp3) is 0. The van der Waals surface area contributed by atoms with Crippen LogP contribution in [-0.2, 0) is 0 Å². The van der Waals surface area contributed by atoms with Crippen molar-refractivity contribution in [1.82, 2.24) is 9.97 Å². The molecule has 0 fully saturated rings. The Morgan fingerprint density at radius 2 is 1.00 bits per heavy atom.